The number of carbonyl (C=O) groups is 1. The maximum absolute atomic E-state index is 10.9. The van der Waals surface area contributed by atoms with Crippen molar-refractivity contribution in [3.63, 3.8) is 0 Å². The average molecular weight is 313 g/mol. The maximum atomic E-state index is 10.9. The predicted octanol–water partition coefficient (Wildman–Crippen LogP) is -0.0889. The van der Waals surface area contributed by atoms with Crippen molar-refractivity contribution >= 4 is 22.4 Å². The summed E-state index contributed by atoms with van der Waals surface area (Å²) in [5.74, 6) is -1.04. The summed E-state index contributed by atoms with van der Waals surface area (Å²) in [5.41, 5.74) is 6.03. The van der Waals surface area contributed by atoms with Gasteiger partial charge in [0.2, 0.25) is 0 Å². The molecule has 0 radical (unpaired) electrons. The fourth-order valence-electron chi connectivity index (χ4n) is 2.20. The number of aliphatic carboxylic acids is 1. The standard InChI is InChI=1S/C13H23N5O2S/c1-16(2)3-4-17-5-7-18(8-6-17)13-15-10(9-21-13)11(14)12(19)20/h9,11H,3-8,14H2,1-2H3,(H,19,20). The monoisotopic (exact) mass is 313 g/mol. The second-order valence-corrected chi connectivity index (χ2v) is 6.34. The van der Waals surface area contributed by atoms with E-state index in [9.17, 15) is 4.79 Å². The molecular weight excluding hydrogens is 290 g/mol. The van der Waals surface area contributed by atoms with E-state index in [0.29, 0.717) is 5.69 Å². The van der Waals surface area contributed by atoms with Crippen LogP contribution in [0.5, 0.6) is 0 Å². The van der Waals surface area contributed by atoms with Crippen LogP contribution >= 0.6 is 11.3 Å². The van der Waals surface area contributed by atoms with Gasteiger partial charge in [-0.15, -0.1) is 11.3 Å². The lowest BCUT2D eigenvalue weighted by Crippen LogP contribution is -2.48. The Morgan fingerprint density at radius 1 is 1.48 bits per heavy atom. The van der Waals surface area contributed by atoms with Crippen molar-refractivity contribution in [2.45, 2.75) is 6.04 Å². The molecule has 0 spiro atoms. The molecule has 0 aliphatic carbocycles. The molecule has 1 aromatic rings. The van der Waals surface area contributed by atoms with Gasteiger partial charge in [-0.2, -0.15) is 0 Å². The Kier molecular flexibility index (Phi) is 5.51. The van der Waals surface area contributed by atoms with Gasteiger partial charge in [0.1, 0.15) is 6.04 Å². The van der Waals surface area contributed by atoms with Crippen LogP contribution in [0.1, 0.15) is 11.7 Å². The molecule has 2 heterocycles. The van der Waals surface area contributed by atoms with E-state index in [0.717, 1.165) is 44.4 Å². The van der Waals surface area contributed by atoms with Crippen LogP contribution in [0.4, 0.5) is 5.13 Å². The molecular formula is C13H23N5O2S. The second-order valence-electron chi connectivity index (χ2n) is 5.50. The first-order valence-electron chi connectivity index (χ1n) is 7.03. The van der Waals surface area contributed by atoms with Crippen molar-refractivity contribution < 1.29 is 9.90 Å². The summed E-state index contributed by atoms with van der Waals surface area (Å²) >= 11 is 1.47. The average Bonchev–Trinajstić information content (AvgIpc) is 2.94. The molecule has 2 rings (SSSR count). The summed E-state index contributed by atoms with van der Waals surface area (Å²) in [6.07, 6.45) is 0. The largest absolute Gasteiger partial charge is 0.480 e. The van der Waals surface area contributed by atoms with Gasteiger partial charge in [0, 0.05) is 44.6 Å². The maximum Gasteiger partial charge on any atom is 0.326 e. The van der Waals surface area contributed by atoms with Crippen molar-refractivity contribution in [3.05, 3.63) is 11.1 Å². The minimum atomic E-state index is -1.04. The van der Waals surface area contributed by atoms with E-state index in [4.69, 9.17) is 10.8 Å². The smallest absolute Gasteiger partial charge is 0.326 e. The number of piperazine rings is 1. The highest BCUT2D eigenvalue weighted by Gasteiger charge is 2.22. The zero-order chi connectivity index (χ0) is 15.4. The number of thiazole rings is 1. The van der Waals surface area contributed by atoms with Gasteiger partial charge < -0.3 is 20.6 Å². The van der Waals surface area contributed by atoms with Gasteiger partial charge in [0.05, 0.1) is 5.69 Å². The molecule has 21 heavy (non-hydrogen) atoms. The molecule has 1 aliphatic rings. The molecule has 0 amide bonds. The summed E-state index contributed by atoms with van der Waals surface area (Å²) in [4.78, 5) is 22.1. The summed E-state index contributed by atoms with van der Waals surface area (Å²) in [7, 11) is 4.16. The van der Waals surface area contributed by atoms with Crippen LogP contribution in [-0.2, 0) is 4.79 Å². The summed E-state index contributed by atoms with van der Waals surface area (Å²) < 4.78 is 0. The molecule has 0 saturated carbocycles. The first kappa shape index (κ1) is 16.2. The highest BCUT2D eigenvalue weighted by atomic mass is 32.1. The van der Waals surface area contributed by atoms with Crippen molar-refractivity contribution in [2.24, 2.45) is 5.73 Å². The molecule has 1 unspecified atom stereocenters. The molecule has 3 N–H and O–H groups in total. The lowest BCUT2D eigenvalue weighted by atomic mass is 10.2. The van der Waals surface area contributed by atoms with Crippen LogP contribution in [0.25, 0.3) is 0 Å². The first-order valence-corrected chi connectivity index (χ1v) is 7.91. The van der Waals surface area contributed by atoms with Gasteiger partial charge in [-0.25, -0.2) is 4.98 Å². The Labute approximate surface area is 129 Å². The number of nitrogens with two attached hydrogens (primary N) is 1. The van der Waals surface area contributed by atoms with E-state index in [1.807, 2.05) is 0 Å². The third-order valence-corrected chi connectivity index (χ3v) is 4.52. The van der Waals surface area contributed by atoms with Crippen LogP contribution in [0.3, 0.4) is 0 Å². The Morgan fingerprint density at radius 3 is 2.71 bits per heavy atom. The van der Waals surface area contributed by atoms with E-state index in [-0.39, 0.29) is 0 Å². The summed E-state index contributed by atoms with van der Waals surface area (Å²) in [5, 5.41) is 11.5. The van der Waals surface area contributed by atoms with Gasteiger partial charge in [-0.3, -0.25) is 9.69 Å². The molecule has 1 atom stereocenters. The number of hydrogen-bond donors (Lipinski definition) is 2. The van der Waals surface area contributed by atoms with E-state index in [1.54, 1.807) is 5.38 Å². The number of carboxylic acids is 1. The zero-order valence-corrected chi connectivity index (χ0v) is 13.3. The van der Waals surface area contributed by atoms with Gasteiger partial charge in [-0.1, -0.05) is 0 Å². The minimum absolute atomic E-state index is 0.442. The van der Waals surface area contributed by atoms with E-state index < -0.39 is 12.0 Å². The van der Waals surface area contributed by atoms with Crippen LogP contribution in [-0.4, -0.2) is 79.2 Å². The number of aromatic nitrogens is 1. The number of hydrogen-bond acceptors (Lipinski definition) is 7. The van der Waals surface area contributed by atoms with Crippen molar-refractivity contribution in [1.29, 1.82) is 0 Å². The molecule has 1 saturated heterocycles. The van der Waals surface area contributed by atoms with E-state index in [1.165, 1.54) is 11.3 Å². The Hall–Kier alpha value is -1.22. The number of carboxylic acid groups (broad SMARTS) is 1. The highest BCUT2D eigenvalue weighted by Crippen LogP contribution is 2.24. The minimum Gasteiger partial charge on any atom is -0.480 e. The number of anilines is 1. The Bertz CT molecular complexity index is 471. The molecule has 1 aromatic heterocycles. The molecule has 1 aliphatic heterocycles. The van der Waals surface area contributed by atoms with Crippen molar-refractivity contribution in [3.8, 4) is 0 Å². The lowest BCUT2D eigenvalue weighted by molar-refractivity contribution is -0.138. The molecule has 8 heteroatoms. The fourth-order valence-corrected chi connectivity index (χ4v) is 3.11. The van der Waals surface area contributed by atoms with Gasteiger partial charge in [0.25, 0.3) is 0 Å². The van der Waals surface area contributed by atoms with Crippen molar-refractivity contribution in [1.82, 2.24) is 14.8 Å². The third-order valence-electron chi connectivity index (χ3n) is 3.60. The zero-order valence-electron chi connectivity index (χ0n) is 12.5. The SMILES string of the molecule is CN(C)CCN1CCN(c2nc(C(N)C(=O)O)cs2)CC1. The van der Waals surface area contributed by atoms with Gasteiger partial charge in [-0.05, 0) is 14.1 Å². The Morgan fingerprint density at radius 2 is 2.14 bits per heavy atom. The van der Waals surface area contributed by atoms with E-state index in [2.05, 4.69) is 33.8 Å². The molecule has 7 nitrogen and oxygen atoms in total. The predicted molar refractivity (Wildman–Crippen MR) is 83.9 cm³/mol. The number of rotatable bonds is 6. The molecule has 0 aromatic carbocycles. The molecule has 0 bridgehead atoms. The highest BCUT2D eigenvalue weighted by molar-refractivity contribution is 7.13. The van der Waals surface area contributed by atoms with Gasteiger partial charge in [0.15, 0.2) is 5.13 Å². The van der Waals surface area contributed by atoms with E-state index >= 15 is 0 Å². The summed E-state index contributed by atoms with van der Waals surface area (Å²) in [6, 6.07) is -1.03. The quantitative estimate of drug-likeness (QED) is 0.759. The van der Waals surface area contributed by atoms with Crippen molar-refractivity contribution in [2.75, 3.05) is 58.3 Å². The van der Waals surface area contributed by atoms with Crippen LogP contribution in [0.2, 0.25) is 0 Å². The first-order chi connectivity index (χ1) is 9.97. The normalized spacial score (nSPS) is 18.2. The number of likely N-dealkylation sites (N-methyl/N-ethyl adjacent to an activating group) is 1. The third kappa shape index (κ3) is 4.37. The fraction of sp³-hybridized carbons (Fsp3) is 0.692. The van der Waals surface area contributed by atoms with Crippen LogP contribution in [0.15, 0.2) is 5.38 Å². The molecule has 1 fully saturated rings. The van der Waals surface area contributed by atoms with Crippen LogP contribution in [0, 0.1) is 0 Å². The topological polar surface area (TPSA) is 85.9 Å². The van der Waals surface area contributed by atoms with Gasteiger partial charge >= 0.3 is 5.97 Å². The second kappa shape index (κ2) is 7.17. The summed E-state index contributed by atoms with van der Waals surface area (Å²) in [6.45, 7) is 6.00. The Balaban J connectivity index is 1.86. The molecule has 118 valence electrons. The van der Waals surface area contributed by atoms with Crippen LogP contribution < -0.4 is 10.6 Å². The lowest BCUT2D eigenvalue weighted by Gasteiger charge is -2.35. The number of nitrogens with zero attached hydrogens (tertiary/aromatic N) is 4.